The lowest BCUT2D eigenvalue weighted by Crippen LogP contribution is -2.40. The van der Waals surface area contributed by atoms with Gasteiger partial charge in [0.05, 0.1) is 6.04 Å². The van der Waals surface area contributed by atoms with E-state index in [1.165, 1.54) is 22.4 Å². The van der Waals surface area contributed by atoms with E-state index in [1.54, 1.807) is 0 Å². The Balaban J connectivity index is 1.52. The van der Waals surface area contributed by atoms with Gasteiger partial charge in [0.25, 0.3) is 5.91 Å². The molecule has 0 saturated carbocycles. The summed E-state index contributed by atoms with van der Waals surface area (Å²) >= 11 is 1.84. The summed E-state index contributed by atoms with van der Waals surface area (Å²) in [4.78, 5) is 20.8. The number of benzene rings is 1. The Labute approximate surface area is 169 Å². The molecule has 0 fully saturated rings. The van der Waals surface area contributed by atoms with Gasteiger partial charge in [-0.15, -0.1) is 11.3 Å². The van der Waals surface area contributed by atoms with Crippen molar-refractivity contribution in [2.75, 3.05) is 13.1 Å². The van der Waals surface area contributed by atoms with Crippen LogP contribution < -0.4 is 5.32 Å². The number of fused-ring (bicyclic) bond motifs is 1. The van der Waals surface area contributed by atoms with Crippen molar-refractivity contribution in [1.82, 2.24) is 15.2 Å². The van der Waals surface area contributed by atoms with Gasteiger partial charge in [-0.25, -0.2) is 4.98 Å². The summed E-state index contributed by atoms with van der Waals surface area (Å²) in [5.41, 5.74) is 3.01. The van der Waals surface area contributed by atoms with Gasteiger partial charge in [0.15, 0.2) is 12.1 Å². The highest BCUT2D eigenvalue weighted by Gasteiger charge is 2.27. The van der Waals surface area contributed by atoms with E-state index in [1.807, 2.05) is 31.3 Å². The summed E-state index contributed by atoms with van der Waals surface area (Å²) in [5, 5.41) is 5.27. The Morgan fingerprint density at radius 2 is 2.11 bits per heavy atom. The average molecular weight is 396 g/mol. The lowest BCUT2D eigenvalue weighted by atomic mass is 10.0. The van der Waals surface area contributed by atoms with E-state index in [9.17, 15) is 4.79 Å². The summed E-state index contributed by atoms with van der Waals surface area (Å²) in [6.45, 7) is 6.43. The van der Waals surface area contributed by atoms with E-state index in [-0.39, 0.29) is 17.9 Å². The third kappa shape index (κ3) is 3.88. The quantitative estimate of drug-likeness (QED) is 0.673. The smallest absolute Gasteiger partial charge is 0.273 e. The first kappa shape index (κ1) is 18.9. The molecule has 1 unspecified atom stereocenters. The Morgan fingerprint density at radius 1 is 1.29 bits per heavy atom. The Morgan fingerprint density at radius 3 is 2.89 bits per heavy atom. The molecule has 1 atom stereocenters. The molecule has 3 aromatic rings. The standard InChI is InChI=1S/C22H25N3O2S/c1-15(2)21-20(24-14-27-21)22(26)23-12-18(16-6-4-3-5-7-16)25-10-8-19-17(13-25)9-11-28-19/h3-7,9,11,14-15,18H,8,10,12-13H2,1-2H3,(H,23,26). The molecule has 2 aromatic heterocycles. The van der Waals surface area contributed by atoms with Gasteiger partial charge in [0, 0.05) is 30.4 Å². The minimum Gasteiger partial charge on any atom is -0.447 e. The van der Waals surface area contributed by atoms with Crippen LogP contribution >= 0.6 is 11.3 Å². The van der Waals surface area contributed by atoms with Crippen LogP contribution in [0.1, 0.15) is 58.1 Å². The zero-order valence-corrected chi connectivity index (χ0v) is 17.0. The first-order chi connectivity index (χ1) is 13.6. The van der Waals surface area contributed by atoms with E-state index in [0.717, 1.165) is 19.5 Å². The number of thiophene rings is 1. The molecule has 0 bridgehead atoms. The number of rotatable bonds is 6. The first-order valence-electron chi connectivity index (χ1n) is 9.69. The predicted molar refractivity (Wildman–Crippen MR) is 111 cm³/mol. The predicted octanol–water partition coefficient (Wildman–Crippen LogP) is 4.39. The van der Waals surface area contributed by atoms with Crippen molar-refractivity contribution in [2.45, 2.75) is 38.8 Å². The monoisotopic (exact) mass is 395 g/mol. The van der Waals surface area contributed by atoms with Crippen molar-refractivity contribution in [3.63, 3.8) is 0 Å². The number of hydrogen-bond donors (Lipinski definition) is 1. The lowest BCUT2D eigenvalue weighted by Gasteiger charge is -2.35. The largest absolute Gasteiger partial charge is 0.447 e. The average Bonchev–Trinajstić information content (AvgIpc) is 3.38. The normalized spacial score (nSPS) is 15.4. The van der Waals surface area contributed by atoms with Crippen molar-refractivity contribution in [3.05, 3.63) is 75.6 Å². The zero-order valence-electron chi connectivity index (χ0n) is 16.2. The molecule has 1 aliphatic rings. The van der Waals surface area contributed by atoms with Crippen LogP contribution in [0, 0.1) is 0 Å². The SMILES string of the molecule is CC(C)c1ocnc1C(=O)NCC(c1ccccc1)N1CCc2sccc2C1. The molecule has 4 rings (SSSR count). The van der Waals surface area contributed by atoms with Crippen molar-refractivity contribution in [3.8, 4) is 0 Å². The van der Waals surface area contributed by atoms with Gasteiger partial charge in [-0.05, 0) is 29.0 Å². The molecule has 1 aliphatic heterocycles. The molecule has 1 amide bonds. The highest BCUT2D eigenvalue weighted by Crippen LogP contribution is 2.30. The van der Waals surface area contributed by atoms with Crippen LogP contribution in [-0.2, 0) is 13.0 Å². The second-order valence-corrected chi connectivity index (χ2v) is 8.45. The van der Waals surface area contributed by atoms with Crippen LogP contribution in [0.5, 0.6) is 0 Å². The number of amides is 1. The fourth-order valence-corrected chi connectivity index (χ4v) is 4.67. The minimum atomic E-state index is -0.174. The molecule has 1 aromatic carbocycles. The summed E-state index contributed by atoms with van der Waals surface area (Å²) in [5.74, 6) is 0.577. The Bertz CT molecular complexity index is 932. The van der Waals surface area contributed by atoms with Crippen molar-refractivity contribution >= 4 is 17.2 Å². The van der Waals surface area contributed by atoms with Crippen LogP contribution in [0.25, 0.3) is 0 Å². The number of hydrogen-bond acceptors (Lipinski definition) is 5. The molecule has 6 heteroatoms. The molecule has 0 aliphatic carbocycles. The van der Waals surface area contributed by atoms with Gasteiger partial charge in [-0.1, -0.05) is 44.2 Å². The van der Waals surface area contributed by atoms with Gasteiger partial charge in [-0.3, -0.25) is 9.69 Å². The highest BCUT2D eigenvalue weighted by molar-refractivity contribution is 7.10. The summed E-state index contributed by atoms with van der Waals surface area (Å²) in [7, 11) is 0. The van der Waals surface area contributed by atoms with E-state index in [2.05, 4.69) is 50.9 Å². The maximum absolute atomic E-state index is 12.8. The Hall–Kier alpha value is -2.44. The second kappa shape index (κ2) is 8.29. The van der Waals surface area contributed by atoms with Gasteiger partial charge in [-0.2, -0.15) is 0 Å². The maximum atomic E-state index is 12.8. The van der Waals surface area contributed by atoms with E-state index in [0.29, 0.717) is 18.0 Å². The van der Waals surface area contributed by atoms with Crippen LogP contribution in [0.15, 0.2) is 52.6 Å². The molecule has 1 N–H and O–H groups in total. The third-order valence-electron chi connectivity index (χ3n) is 5.25. The van der Waals surface area contributed by atoms with Crippen LogP contribution in [-0.4, -0.2) is 28.9 Å². The van der Waals surface area contributed by atoms with Crippen molar-refractivity contribution in [1.29, 1.82) is 0 Å². The van der Waals surface area contributed by atoms with E-state index < -0.39 is 0 Å². The molecular weight excluding hydrogens is 370 g/mol. The topological polar surface area (TPSA) is 58.4 Å². The summed E-state index contributed by atoms with van der Waals surface area (Å²) in [6.07, 6.45) is 2.41. The van der Waals surface area contributed by atoms with Gasteiger partial charge < -0.3 is 9.73 Å². The minimum absolute atomic E-state index is 0.118. The molecule has 0 saturated heterocycles. The van der Waals surface area contributed by atoms with Gasteiger partial charge in [0.2, 0.25) is 0 Å². The molecule has 3 heterocycles. The third-order valence-corrected chi connectivity index (χ3v) is 6.28. The number of carbonyl (C=O) groups is 1. The first-order valence-corrected chi connectivity index (χ1v) is 10.6. The molecule has 28 heavy (non-hydrogen) atoms. The van der Waals surface area contributed by atoms with E-state index >= 15 is 0 Å². The number of nitrogens with zero attached hydrogens (tertiary/aromatic N) is 2. The highest BCUT2D eigenvalue weighted by atomic mass is 32.1. The van der Waals surface area contributed by atoms with Crippen molar-refractivity contribution < 1.29 is 9.21 Å². The summed E-state index contributed by atoms with van der Waals surface area (Å²) < 4.78 is 5.40. The molecule has 5 nitrogen and oxygen atoms in total. The number of nitrogens with one attached hydrogen (secondary N) is 1. The maximum Gasteiger partial charge on any atom is 0.273 e. The molecular formula is C22H25N3O2S. The molecule has 0 spiro atoms. The zero-order chi connectivity index (χ0) is 19.5. The fourth-order valence-electron chi connectivity index (χ4n) is 3.78. The molecule has 0 radical (unpaired) electrons. The Kier molecular flexibility index (Phi) is 5.59. The van der Waals surface area contributed by atoms with Crippen molar-refractivity contribution in [2.24, 2.45) is 0 Å². The number of aromatic nitrogens is 1. The molecule has 146 valence electrons. The summed E-state index contributed by atoms with van der Waals surface area (Å²) in [6, 6.07) is 12.7. The second-order valence-electron chi connectivity index (χ2n) is 7.45. The van der Waals surface area contributed by atoms with Crippen LogP contribution in [0.4, 0.5) is 0 Å². The number of oxazole rings is 1. The van der Waals surface area contributed by atoms with Gasteiger partial charge >= 0.3 is 0 Å². The van der Waals surface area contributed by atoms with E-state index in [4.69, 9.17) is 4.42 Å². The fraction of sp³-hybridized carbons (Fsp3) is 0.364. The van der Waals surface area contributed by atoms with Crippen LogP contribution in [0.2, 0.25) is 0 Å². The van der Waals surface area contributed by atoms with Crippen LogP contribution in [0.3, 0.4) is 0 Å². The number of carbonyl (C=O) groups excluding carboxylic acids is 1. The van der Waals surface area contributed by atoms with Gasteiger partial charge in [0.1, 0.15) is 5.76 Å². The lowest BCUT2D eigenvalue weighted by molar-refractivity contribution is 0.0921.